The summed E-state index contributed by atoms with van der Waals surface area (Å²) in [4.78, 5) is -0.619. The maximum atomic E-state index is 13.2. The van der Waals surface area contributed by atoms with E-state index < -0.39 is 38.4 Å². The fourth-order valence-electron chi connectivity index (χ4n) is 2.77. The molecule has 0 aliphatic carbocycles. The number of benzene rings is 1. The molecule has 1 aliphatic rings. The molecule has 1 aromatic heterocycles. The maximum absolute atomic E-state index is 13.2. The Morgan fingerprint density at radius 1 is 1.19 bits per heavy atom. The van der Waals surface area contributed by atoms with Crippen LogP contribution in [0.25, 0.3) is 0 Å². The van der Waals surface area contributed by atoms with Crippen LogP contribution >= 0.6 is 0 Å². The topological polar surface area (TPSA) is 73.2 Å². The third kappa shape index (κ3) is 4.28. The normalized spacial score (nSPS) is 15.0. The summed E-state index contributed by atoms with van der Waals surface area (Å²) in [6.07, 6.45) is -4.45. The van der Waals surface area contributed by atoms with Crippen molar-refractivity contribution in [2.24, 2.45) is 0 Å². The van der Waals surface area contributed by atoms with Crippen LogP contribution in [0, 0.1) is 11.6 Å². The summed E-state index contributed by atoms with van der Waals surface area (Å²) in [7, 11) is -4.24. The largest absolute Gasteiger partial charge is 0.435 e. The van der Waals surface area contributed by atoms with Crippen LogP contribution < -0.4 is 4.72 Å². The van der Waals surface area contributed by atoms with E-state index in [0.717, 1.165) is 4.68 Å². The second-order valence-electron chi connectivity index (χ2n) is 5.80. The number of nitrogens with one attached hydrogen (secondary N) is 1. The van der Waals surface area contributed by atoms with Crippen molar-refractivity contribution >= 4 is 10.0 Å². The van der Waals surface area contributed by atoms with Crippen LogP contribution in [0.5, 0.6) is 0 Å². The predicted molar refractivity (Wildman–Crippen MR) is 82.1 cm³/mol. The van der Waals surface area contributed by atoms with Gasteiger partial charge in [0.05, 0.1) is 24.7 Å². The van der Waals surface area contributed by atoms with Crippen LogP contribution in [0.3, 0.4) is 0 Å². The summed E-state index contributed by atoms with van der Waals surface area (Å²) in [6.45, 7) is -0.495. The van der Waals surface area contributed by atoms with Gasteiger partial charge in [0.2, 0.25) is 10.0 Å². The number of halogens is 5. The van der Waals surface area contributed by atoms with E-state index in [2.05, 4.69) is 9.82 Å². The third-order valence-electron chi connectivity index (χ3n) is 3.93. The number of alkyl halides is 3. The van der Waals surface area contributed by atoms with Gasteiger partial charge in [0.15, 0.2) is 5.69 Å². The Balaban J connectivity index is 1.76. The van der Waals surface area contributed by atoms with Gasteiger partial charge in [-0.25, -0.2) is 21.9 Å². The summed E-state index contributed by atoms with van der Waals surface area (Å²) in [5, 5.41) is 3.54. The fourth-order valence-corrected chi connectivity index (χ4v) is 3.84. The minimum atomic E-state index is -4.66. The molecule has 0 saturated heterocycles. The maximum Gasteiger partial charge on any atom is 0.435 e. The number of aromatic nitrogens is 2. The second-order valence-corrected chi connectivity index (χ2v) is 7.57. The number of nitrogens with zero attached hydrogens (tertiary/aromatic N) is 2. The number of fused-ring (bicyclic) bond motifs is 1. The smallest absolute Gasteiger partial charge is 0.376 e. The molecular formula is C15H14F5N3O3S. The molecule has 27 heavy (non-hydrogen) atoms. The quantitative estimate of drug-likeness (QED) is 0.766. The molecule has 2 heterocycles. The van der Waals surface area contributed by atoms with Gasteiger partial charge in [-0.1, -0.05) is 0 Å². The Hall–Kier alpha value is -2.05. The molecule has 0 spiro atoms. The molecule has 2 aromatic rings. The number of hydrogen-bond acceptors (Lipinski definition) is 4. The summed E-state index contributed by atoms with van der Waals surface area (Å²) in [5.74, 6) is -2.13. The summed E-state index contributed by atoms with van der Waals surface area (Å²) in [5.41, 5.74) is -0.805. The van der Waals surface area contributed by atoms with Crippen molar-refractivity contribution in [3.05, 3.63) is 46.8 Å². The number of rotatable bonds is 5. The molecule has 1 aliphatic heterocycles. The average Bonchev–Trinajstić information content (AvgIpc) is 2.93. The van der Waals surface area contributed by atoms with Crippen molar-refractivity contribution < 1.29 is 35.1 Å². The lowest BCUT2D eigenvalue weighted by molar-refractivity contribution is -0.142. The molecule has 0 radical (unpaired) electrons. The van der Waals surface area contributed by atoms with Crippen LogP contribution in [0.1, 0.15) is 17.0 Å². The molecule has 0 bridgehead atoms. The molecule has 12 heteroatoms. The minimum Gasteiger partial charge on any atom is -0.376 e. The highest BCUT2D eigenvalue weighted by atomic mass is 32.2. The second kappa shape index (κ2) is 7.17. The van der Waals surface area contributed by atoms with Gasteiger partial charge in [-0.15, -0.1) is 0 Å². The molecule has 6 nitrogen and oxygen atoms in total. The van der Waals surface area contributed by atoms with Crippen molar-refractivity contribution in [3.63, 3.8) is 0 Å². The first kappa shape index (κ1) is 19.7. The van der Waals surface area contributed by atoms with E-state index in [1.165, 1.54) is 0 Å². The molecule has 0 atom stereocenters. The Morgan fingerprint density at radius 3 is 2.48 bits per heavy atom. The SMILES string of the molecule is O=S(=O)(NCCn1nc(C(F)(F)F)c2c1CCOC2)c1cc(F)cc(F)c1. The third-order valence-corrected chi connectivity index (χ3v) is 5.37. The average molecular weight is 411 g/mol. The molecule has 148 valence electrons. The van der Waals surface area contributed by atoms with Crippen molar-refractivity contribution in [2.75, 3.05) is 13.2 Å². The first-order valence-corrected chi connectivity index (χ1v) is 9.25. The van der Waals surface area contributed by atoms with E-state index in [1.54, 1.807) is 0 Å². The minimum absolute atomic E-state index is 0.0659. The number of sulfonamides is 1. The predicted octanol–water partition coefficient (Wildman–Crippen LogP) is 2.23. The molecule has 3 rings (SSSR count). The molecule has 0 unspecified atom stereocenters. The van der Waals surface area contributed by atoms with Crippen LogP contribution in [-0.4, -0.2) is 31.3 Å². The van der Waals surface area contributed by atoms with Crippen LogP contribution in [-0.2, 0) is 40.5 Å². The van der Waals surface area contributed by atoms with E-state index in [0.29, 0.717) is 23.9 Å². The lowest BCUT2D eigenvalue weighted by atomic mass is 10.1. The first-order valence-electron chi connectivity index (χ1n) is 7.77. The highest BCUT2D eigenvalue weighted by molar-refractivity contribution is 7.89. The number of hydrogen-bond donors (Lipinski definition) is 1. The summed E-state index contributed by atoms with van der Waals surface area (Å²) < 4.78 is 98.1. The molecule has 1 aromatic carbocycles. The molecule has 0 saturated carbocycles. The van der Waals surface area contributed by atoms with Crippen molar-refractivity contribution in [1.29, 1.82) is 0 Å². The van der Waals surface area contributed by atoms with Gasteiger partial charge in [0.25, 0.3) is 0 Å². The highest BCUT2D eigenvalue weighted by Crippen LogP contribution is 2.34. The van der Waals surface area contributed by atoms with E-state index in [9.17, 15) is 30.4 Å². The van der Waals surface area contributed by atoms with Crippen LogP contribution in [0.4, 0.5) is 22.0 Å². The van der Waals surface area contributed by atoms with Gasteiger partial charge in [0, 0.05) is 30.3 Å². The van der Waals surface area contributed by atoms with Gasteiger partial charge in [0.1, 0.15) is 11.6 Å². The summed E-state index contributed by atoms with van der Waals surface area (Å²) in [6, 6.07) is 1.80. The monoisotopic (exact) mass is 411 g/mol. The van der Waals surface area contributed by atoms with Crippen LogP contribution in [0.2, 0.25) is 0 Å². The lowest BCUT2D eigenvalue weighted by Crippen LogP contribution is -2.28. The Morgan fingerprint density at radius 2 is 1.85 bits per heavy atom. The summed E-state index contributed by atoms with van der Waals surface area (Å²) >= 11 is 0. The number of ether oxygens (including phenoxy) is 1. The zero-order chi connectivity index (χ0) is 19.8. The molecule has 1 N–H and O–H groups in total. The van der Waals surface area contributed by atoms with Crippen molar-refractivity contribution in [1.82, 2.24) is 14.5 Å². The van der Waals surface area contributed by atoms with E-state index in [1.807, 2.05) is 0 Å². The van der Waals surface area contributed by atoms with Gasteiger partial charge >= 0.3 is 6.18 Å². The van der Waals surface area contributed by atoms with Crippen molar-refractivity contribution in [3.8, 4) is 0 Å². The fraction of sp³-hybridized carbons (Fsp3) is 0.400. The molecule has 0 amide bonds. The van der Waals surface area contributed by atoms with Gasteiger partial charge in [-0.3, -0.25) is 4.68 Å². The highest BCUT2D eigenvalue weighted by Gasteiger charge is 2.39. The standard InChI is InChI=1S/C15H14F5N3O3S/c16-9-5-10(17)7-11(6-9)27(24,25)21-2-3-23-13-1-4-26-8-12(13)14(22-23)15(18,19)20/h5-7,21H,1-4,8H2. The lowest BCUT2D eigenvalue weighted by Gasteiger charge is -2.15. The molecular weight excluding hydrogens is 397 g/mol. The van der Waals surface area contributed by atoms with Crippen LogP contribution in [0.15, 0.2) is 23.1 Å². The van der Waals surface area contributed by atoms with Gasteiger partial charge in [-0.2, -0.15) is 18.3 Å². The van der Waals surface area contributed by atoms with E-state index in [4.69, 9.17) is 4.74 Å². The van der Waals surface area contributed by atoms with Gasteiger partial charge < -0.3 is 4.74 Å². The zero-order valence-electron chi connectivity index (χ0n) is 13.7. The van der Waals surface area contributed by atoms with E-state index >= 15 is 0 Å². The van der Waals surface area contributed by atoms with E-state index in [-0.39, 0.29) is 38.3 Å². The van der Waals surface area contributed by atoms with Crippen molar-refractivity contribution in [2.45, 2.75) is 30.6 Å². The zero-order valence-corrected chi connectivity index (χ0v) is 14.5. The Bertz CT molecular complexity index is 936. The first-order chi connectivity index (χ1) is 12.6. The molecule has 0 fully saturated rings. The Kier molecular flexibility index (Phi) is 5.23. The Labute approximate surface area is 151 Å². The van der Waals surface area contributed by atoms with Gasteiger partial charge in [-0.05, 0) is 12.1 Å².